The van der Waals surface area contributed by atoms with Crippen LogP contribution in [0.25, 0.3) is 17.0 Å². The number of nitrogens with zero attached hydrogens (tertiary/aromatic N) is 6. The summed E-state index contributed by atoms with van der Waals surface area (Å²) in [7, 11) is 0. The minimum absolute atomic E-state index is 0.0800. The van der Waals surface area contributed by atoms with E-state index in [1.54, 1.807) is 18.3 Å². The topological polar surface area (TPSA) is 80.9 Å². The van der Waals surface area contributed by atoms with Crippen LogP contribution in [0.2, 0.25) is 0 Å². The number of hydrogen-bond donors (Lipinski definition) is 1. The van der Waals surface area contributed by atoms with E-state index in [0.717, 1.165) is 12.4 Å². The molecule has 0 bridgehead atoms. The SMILES string of the molecule is Fc1cnccc1Nc1nc(-c2ccnc(C(F)(F)F)n2)nn2cccc12. The van der Waals surface area contributed by atoms with Crippen molar-refractivity contribution < 1.29 is 17.6 Å². The molecule has 1 N–H and O–H groups in total. The van der Waals surface area contributed by atoms with E-state index in [-0.39, 0.29) is 23.0 Å². The maximum atomic E-state index is 13.9. The summed E-state index contributed by atoms with van der Waals surface area (Å²) in [5.74, 6) is -1.79. The summed E-state index contributed by atoms with van der Waals surface area (Å²) in [6.45, 7) is 0. The van der Waals surface area contributed by atoms with E-state index < -0.39 is 17.8 Å². The van der Waals surface area contributed by atoms with E-state index >= 15 is 0 Å². The zero-order valence-electron chi connectivity index (χ0n) is 13.3. The number of rotatable bonds is 3. The molecule has 4 aromatic heterocycles. The summed E-state index contributed by atoms with van der Waals surface area (Å²) in [4.78, 5) is 14.6. The molecule has 0 saturated carbocycles. The lowest BCUT2D eigenvalue weighted by Gasteiger charge is -2.10. The molecule has 4 aromatic rings. The third-order valence-corrected chi connectivity index (χ3v) is 3.55. The van der Waals surface area contributed by atoms with Gasteiger partial charge in [0.1, 0.15) is 11.2 Å². The van der Waals surface area contributed by atoms with Gasteiger partial charge in [0.25, 0.3) is 0 Å². The van der Waals surface area contributed by atoms with Gasteiger partial charge in [-0.2, -0.15) is 13.2 Å². The maximum Gasteiger partial charge on any atom is 0.451 e. The van der Waals surface area contributed by atoms with Crippen molar-refractivity contribution in [1.29, 1.82) is 0 Å². The largest absolute Gasteiger partial charge is 0.451 e. The van der Waals surface area contributed by atoms with Crippen molar-refractivity contribution in [3.05, 3.63) is 60.7 Å². The minimum Gasteiger partial charge on any atom is -0.336 e. The van der Waals surface area contributed by atoms with Gasteiger partial charge in [0, 0.05) is 18.6 Å². The Balaban J connectivity index is 1.83. The Kier molecular flexibility index (Phi) is 3.90. The third-order valence-electron chi connectivity index (χ3n) is 3.55. The molecule has 0 spiro atoms. The van der Waals surface area contributed by atoms with Gasteiger partial charge in [-0.1, -0.05) is 0 Å². The van der Waals surface area contributed by atoms with Crippen LogP contribution in [-0.2, 0) is 6.18 Å². The van der Waals surface area contributed by atoms with Crippen molar-refractivity contribution in [1.82, 2.24) is 29.5 Å². The van der Waals surface area contributed by atoms with Gasteiger partial charge < -0.3 is 5.32 Å². The van der Waals surface area contributed by atoms with Gasteiger partial charge in [-0.25, -0.2) is 23.9 Å². The lowest BCUT2D eigenvalue weighted by atomic mass is 10.3. The van der Waals surface area contributed by atoms with Crippen LogP contribution in [0.4, 0.5) is 29.1 Å². The molecule has 4 rings (SSSR count). The first kappa shape index (κ1) is 16.8. The van der Waals surface area contributed by atoms with Crippen molar-refractivity contribution in [3.63, 3.8) is 0 Å². The van der Waals surface area contributed by atoms with Crippen molar-refractivity contribution in [2.45, 2.75) is 6.18 Å². The predicted molar refractivity (Wildman–Crippen MR) is 86.5 cm³/mol. The van der Waals surface area contributed by atoms with Crippen LogP contribution in [0.1, 0.15) is 5.82 Å². The molecule has 7 nitrogen and oxygen atoms in total. The second-order valence-electron chi connectivity index (χ2n) is 5.37. The summed E-state index contributed by atoms with van der Waals surface area (Å²) < 4.78 is 53.9. The van der Waals surface area contributed by atoms with Crippen LogP contribution in [0.15, 0.2) is 49.1 Å². The lowest BCUT2D eigenvalue weighted by molar-refractivity contribution is -0.144. The van der Waals surface area contributed by atoms with Gasteiger partial charge in [0.05, 0.1) is 11.9 Å². The van der Waals surface area contributed by atoms with Gasteiger partial charge in [0.2, 0.25) is 11.6 Å². The monoisotopic (exact) mass is 375 g/mol. The van der Waals surface area contributed by atoms with Gasteiger partial charge in [-0.05, 0) is 24.3 Å². The number of aromatic nitrogens is 6. The summed E-state index contributed by atoms with van der Waals surface area (Å²) in [5, 5.41) is 6.96. The molecular formula is C16H9F4N7. The maximum absolute atomic E-state index is 13.9. The first-order valence-corrected chi connectivity index (χ1v) is 7.54. The van der Waals surface area contributed by atoms with Crippen LogP contribution in [0, 0.1) is 5.82 Å². The Labute approximate surface area is 148 Å². The quantitative estimate of drug-likeness (QED) is 0.552. The van der Waals surface area contributed by atoms with Gasteiger partial charge in [-0.3, -0.25) is 4.98 Å². The van der Waals surface area contributed by atoms with E-state index in [4.69, 9.17) is 0 Å². The molecule has 4 heterocycles. The lowest BCUT2D eigenvalue weighted by Crippen LogP contribution is -2.12. The molecule has 136 valence electrons. The van der Waals surface area contributed by atoms with Crippen molar-refractivity contribution in [2.75, 3.05) is 5.32 Å². The predicted octanol–water partition coefficient (Wildman–Crippen LogP) is 3.48. The highest BCUT2D eigenvalue weighted by atomic mass is 19.4. The summed E-state index contributed by atoms with van der Waals surface area (Å²) >= 11 is 0. The highest BCUT2D eigenvalue weighted by Gasteiger charge is 2.35. The van der Waals surface area contributed by atoms with E-state index in [1.165, 1.54) is 22.8 Å². The highest BCUT2D eigenvalue weighted by Crippen LogP contribution is 2.28. The first-order chi connectivity index (χ1) is 12.9. The van der Waals surface area contributed by atoms with Crippen LogP contribution in [0.3, 0.4) is 0 Å². The van der Waals surface area contributed by atoms with Crippen molar-refractivity contribution >= 4 is 17.0 Å². The molecule has 0 radical (unpaired) electrons. The van der Waals surface area contributed by atoms with Crippen molar-refractivity contribution in [2.24, 2.45) is 0 Å². The Morgan fingerprint density at radius 1 is 1.04 bits per heavy atom. The normalized spacial score (nSPS) is 11.7. The molecule has 0 aliphatic rings. The molecule has 27 heavy (non-hydrogen) atoms. The minimum atomic E-state index is -4.70. The molecule has 0 fully saturated rings. The number of alkyl halides is 3. The Hall–Kier alpha value is -3.63. The van der Waals surface area contributed by atoms with Crippen LogP contribution >= 0.6 is 0 Å². The van der Waals surface area contributed by atoms with Gasteiger partial charge >= 0.3 is 6.18 Å². The number of halogens is 4. The summed E-state index contributed by atoms with van der Waals surface area (Å²) in [6, 6.07) is 6.01. The van der Waals surface area contributed by atoms with E-state index in [2.05, 4.69) is 30.4 Å². The first-order valence-electron chi connectivity index (χ1n) is 7.54. The number of hydrogen-bond acceptors (Lipinski definition) is 6. The van der Waals surface area contributed by atoms with Gasteiger partial charge in [-0.15, -0.1) is 5.10 Å². The fourth-order valence-electron chi connectivity index (χ4n) is 2.36. The molecule has 0 aromatic carbocycles. The second kappa shape index (κ2) is 6.27. The molecule has 0 amide bonds. The third kappa shape index (κ3) is 3.26. The van der Waals surface area contributed by atoms with Crippen LogP contribution in [0.5, 0.6) is 0 Å². The standard InChI is InChI=1S/C16H9F4N7/c17-9-8-21-5-3-10(9)23-14-12-2-1-7-27(12)26-13(25-14)11-4-6-22-15(24-11)16(18,19)20/h1-8H,(H,21,23,25,26). The molecule has 0 saturated heterocycles. The average Bonchev–Trinajstić information content (AvgIpc) is 3.12. The molecule has 0 atom stereocenters. The summed E-state index contributed by atoms with van der Waals surface area (Å²) in [5.41, 5.74) is 0.489. The highest BCUT2D eigenvalue weighted by molar-refractivity contribution is 5.74. The number of nitrogens with one attached hydrogen (secondary N) is 1. The van der Waals surface area contributed by atoms with Crippen molar-refractivity contribution in [3.8, 4) is 11.5 Å². The second-order valence-corrected chi connectivity index (χ2v) is 5.37. The van der Waals surface area contributed by atoms with E-state index in [0.29, 0.717) is 5.52 Å². The smallest absolute Gasteiger partial charge is 0.336 e. The summed E-state index contributed by atoms with van der Waals surface area (Å²) in [6.07, 6.45) is 0.280. The molecule has 0 aliphatic carbocycles. The number of pyridine rings is 1. The van der Waals surface area contributed by atoms with Gasteiger partial charge in [0.15, 0.2) is 11.6 Å². The Morgan fingerprint density at radius 2 is 1.89 bits per heavy atom. The van der Waals surface area contributed by atoms with E-state index in [9.17, 15) is 17.6 Å². The fraction of sp³-hybridized carbons (Fsp3) is 0.0625. The number of anilines is 2. The van der Waals surface area contributed by atoms with Crippen LogP contribution in [-0.4, -0.2) is 29.5 Å². The zero-order valence-corrected chi connectivity index (χ0v) is 13.3. The fourth-order valence-corrected chi connectivity index (χ4v) is 2.36. The Morgan fingerprint density at radius 3 is 2.67 bits per heavy atom. The van der Waals surface area contributed by atoms with Crippen LogP contribution < -0.4 is 5.32 Å². The Bertz CT molecular complexity index is 1120. The average molecular weight is 375 g/mol. The molecule has 0 unspecified atom stereocenters. The molecular weight excluding hydrogens is 366 g/mol. The molecule has 11 heteroatoms. The van der Waals surface area contributed by atoms with E-state index in [1.807, 2.05) is 0 Å². The number of fused-ring (bicyclic) bond motifs is 1. The molecule has 0 aliphatic heterocycles. The zero-order chi connectivity index (χ0) is 19.0.